The van der Waals surface area contributed by atoms with Crippen LogP contribution in [0.5, 0.6) is 11.5 Å². The molecule has 24 heavy (non-hydrogen) atoms. The Hall–Kier alpha value is -2.38. The van der Waals surface area contributed by atoms with E-state index in [0.717, 1.165) is 16.3 Å². The number of thiophene rings is 1. The molecule has 3 rings (SSSR count). The number of methoxy groups -OCH3 is 2. The highest BCUT2D eigenvalue weighted by atomic mass is 32.1. The van der Waals surface area contributed by atoms with Gasteiger partial charge in [-0.05, 0) is 29.6 Å². The first-order chi connectivity index (χ1) is 11.7. The van der Waals surface area contributed by atoms with Crippen LogP contribution in [0.2, 0.25) is 0 Å². The van der Waals surface area contributed by atoms with E-state index in [1.165, 1.54) is 14.2 Å². The summed E-state index contributed by atoms with van der Waals surface area (Å²) in [6.07, 6.45) is 0. The monoisotopic (exact) mass is 361 g/mol. The Balaban J connectivity index is 1.71. The highest BCUT2D eigenvalue weighted by molar-refractivity contribution is 7.14. The number of esters is 1. The fourth-order valence-corrected chi connectivity index (χ4v) is 3.59. The molecular weight excluding hydrogens is 346 g/mol. The van der Waals surface area contributed by atoms with Crippen LogP contribution in [-0.4, -0.2) is 25.2 Å². The SMILES string of the molecule is COC(=O)c1ccc(OCc2csc(-c3ccsc3)n2)c(OC)c1. The molecule has 2 aromatic heterocycles. The van der Waals surface area contributed by atoms with Crippen molar-refractivity contribution in [3.8, 4) is 22.1 Å². The number of benzene rings is 1. The van der Waals surface area contributed by atoms with E-state index >= 15 is 0 Å². The highest BCUT2D eigenvalue weighted by Crippen LogP contribution is 2.30. The summed E-state index contributed by atoms with van der Waals surface area (Å²) in [4.78, 5) is 16.1. The zero-order chi connectivity index (χ0) is 16.9. The Morgan fingerprint density at radius 3 is 2.75 bits per heavy atom. The number of rotatable bonds is 6. The lowest BCUT2D eigenvalue weighted by Gasteiger charge is -2.10. The second kappa shape index (κ2) is 7.46. The number of hydrogen-bond donors (Lipinski definition) is 0. The third-order valence-electron chi connectivity index (χ3n) is 3.28. The molecule has 1 aromatic carbocycles. The molecule has 0 unspecified atom stereocenters. The van der Waals surface area contributed by atoms with Crippen LogP contribution >= 0.6 is 22.7 Å². The molecule has 0 bridgehead atoms. The van der Waals surface area contributed by atoms with Gasteiger partial charge in [-0.3, -0.25) is 0 Å². The smallest absolute Gasteiger partial charge is 0.337 e. The molecule has 0 saturated carbocycles. The summed E-state index contributed by atoms with van der Waals surface area (Å²) in [5.41, 5.74) is 2.38. The van der Waals surface area contributed by atoms with Crippen LogP contribution in [0.4, 0.5) is 0 Å². The summed E-state index contributed by atoms with van der Waals surface area (Å²) in [5, 5.41) is 7.05. The zero-order valence-electron chi connectivity index (χ0n) is 13.1. The minimum atomic E-state index is -0.417. The summed E-state index contributed by atoms with van der Waals surface area (Å²) in [6.45, 7) is 0.328. The van der Waals surface area contributed by atoms with Crippen molar-refractivity contribution in [1.82, 2.24) is 4.98 Å². The molecule has 0 N–H and O–H groups in total. The minimum Gasteiger partial charge on any atom is -0.493 e. The lowest BCUT2D eigenvalue weighted by atomic mass is 10.2. The maximum Gasteiger partial charge on any atom is 0.337 e. The van der Waals surface area contributed by atoms with Crippen molar-refractivity contribution in [2.45, 2.75) is 6.61 Å². The van der Waals surface area contributed by atoms with E-state index in [2.05, 4.69) is 10.4 Å². The zero-order valence-corrected chi connectivity index (χ0v) is 14.8. The Morgan fingerprint density at radius 1 is 1.17 bits per heavy atom. The van der Waals surface area contributed by atoms with Crippen molar-refractivity contribution in [2.75, 3.05) is 14.2 Å². The Kier molecular flexibility index (Phi) is 5.12. The average molecular weight is 361 g/mol. The van der Waals surface area contributed by atoms with E-state index in [9.17, 15) is 4.79 Å². The van der Waals surface area contributed by atoms with Gasteiger partial charge in [0.15, 0.2) is 11.5 Å². The van der Waals surface area contributed by atoms with E-state index < -0.39 is 5.97 Å². The van der Waals surface area contributed by atoms with Gasteiger partial charge in [-0.15, -0.1) is 11.3 Å². The van der Waals surface area contributed by atoms with Gasteiger partial charge in [0, 0.05) is 16.3 Å². The fourth-order valence-electron chi connectivity index (χ4n) is 2.08. The van der Waals surface area contributed by atoms with Gasteiger partial charge in [-0.25, -0.2) is 9.78 Å². The molecule has 0 aliphatic carbocycles. The summed E-state index contributed by atoms with van der Waals surface area (Å²) in [6, 6.07) is 6.97. The second-order valence-electron chi connectivity index (χ2n) is 4.80. The van der Waals surface area contributed by atoms with Crippen LogP contribution < -0.4 is 9.47 Å². The van der Waals surface area contributed by atoms with Crippen molar-refractivity contribution in [1.29, 1.82) is 0 Å². The Labute approximate surface area is 147 Å². The van der Waals surface area contributed by atoms with Crippen molar-refractivity contribution < 1.29 is 19.0 Å². The number of ether oxygens (including phenoxy) is 3. The molecule has 0 fully saturated rings. The normalized spacial score (nSPS) is 10.4. The summed E-state index contributed by atoms with van der Waals surface area (Å²) in [7, 11) is 2.87. The first-order valence-corrected chi connectivity index (χ1v) is 8.89. The number of aromatic nitrogens is 1. The van der Waals surface area contributed by atoms with E-state index in [-0.39, 0.29) is 0 Å². The van der Waals surface area contributed by atoms with Crippen LogP contribution in [0, 0.1) is 0 Å². The van der Waals surface area contributed by atoms with Gasteiger partial charge in [0.05, 0.1) is 25.5 Å². The quantitative estimate of drug-likeness (QED) is 0.615. The first kappa shape index (κ1) is 16.5. The number of nitrogens with zero attached hydrogens (tertiary/aromatic N) is 1. The maximum atomic E-state index is 11.6. The predicted molar refractivity (Wildman–Crippen MR) is 94.1 cm³/mol. The third kappa shape index (κ3) is 3.58. The van der Waals surface area contributed by atoms with Gasteiger partial charge in [0.25, 0.3) is 0 Å². The molecule has 7 heteroatoms. The third-order valence-corrected chi connectivity index (χ3v) is 4.90. The molecule has 2 heterocycles. The summed E-state index contributed by atoms with van der Waals surface area (Å²) >= 11 is 3.23. The van der Waals surface area contributed by atoms with Crippen LogP contribution in [0.3, 0.4) is 0 Å². The molecule has 0 aliphatic heterocycles. The molecule has 0 aliphatic rings. The number of carbonyl (C=O) groups excluding carboxylic acids is 1. The average Bonchev–Trinajstić information content (AvgIpc) is 3.30. The fraction of sp³-hybridized carbons (Fsp3) is 0.176. The van der Waals surface area contributed by atoms with Crippen LogP contribution in [0.1, 0.15) is 16.1 Å². The van der Waals surface area contributed by atoms with E-state index in [4.69, 9.17) is 14.2 Å². The van der Waals surface area contributed by atoms with Crippen molar-refractivity contribution >= 4 is 28.6 Å². The molecule has 3 aromatic rings. The molecule has 0 saturated heterocycles. The topological polar surface area (TPSA) is 57.7 Å². The van der Waals surface area contributed by atoms with Gasteiger partial charge in [0.2, 0.25) is 0 Å². The highest BCUT2D eigenvalue weighted by Gasteiger charge is 2.12. The molecule has 0 spiro atoms. The van der Waals surface area contributed by atoms with Crippen LogP contribution in [0.15, 0.2) is 40.4 Å². The van der Waals surface area contributed by atoms with Crippen LogP contribution in [0.25, 0.3) is 10.6 Å². The van der Waals surface area contributed by atoms with Crippen molar-refractivity contribution in [2.24, 2.45) is 0 Å². The molecule has 0 atom stereocenters. The Bertz CT molecular complexity index is 827. The molecular formula is C17H15NO4S2. The standard InChI is InChI=1S/C17H15NO4S2/c1-20-15-7-11(17(19)21-2)3-4-14(15)22-8-13-10-24-16(18-13)12-5-6-23-9-12/h3-7,9-10H,8H2,1-2H3. The number of carbonyl (C=O) groups is 1. The van der Waals surface area contributed by atoms with Gasteiger partial charge < -0.3 is 14.2 Å². The van der Waals surface area contributed by atoms with Gasteiger partial charge in [0.1, 0.15) is 11.6 Å². The van der Waals surface area contributed by atoms with Gasteiger partial charge >= 0.3 is 5.97 Å². The molecule has 0 amide bonds. The Morgan fingerprint density at radius 2 is 2.04 bits per heavy atom. The van der Waals surface area contributed by atoms with Gasteiger partial charge in [-0.2, -0.15) is 11.3 Å². The maximum absolute atomic E-state index is 11.6. The first-order valence-electron chi connectivity index (χ1n) is 7.07. The lowest BCUT2D eigenvalue weighted by molar-refractivity contribution is 0.0600. The molecule has 0 radical (unpaired) electrons. The van der Waals surface area contributed by atoms with Crippen molar-refractivity contribution in [3.63, 3.8) is 0 Å². The van der Waals surface area contributed by atoms with E-state index in [0.29, 0.717) is 23.7 Å². The van der Waals surface area contributed by atoms with Crippen LogP contribution in [-0.2, 0) is 11.3 Å². The summed E-state index contributed by atoms with van der Waals surface area (Å²) in [5.74, 6) is 0.612. The number of hydrogen-bond acceptors (Lipinski definition) is 7. The lowest BCUT2D eigenvalue weighted by Crippen LogP contribution is -2.03. The summed E-state index contributed by atoms with van der Waals surface area (Å²) < 4.78 is 15.8. The largest absolute Gasteiger partial charge is 0.493 e. The van der Waals surface area contributed by atoms with E-state index in [1.807, 2.05) is 16.8 Å². The number of thiazole rings is 1. The molecule has 124 valence electrons. The minimum absolute atomic E-state index is 0.328. The molecule has 5 nitrogen and oxygen atoms in total. The van der Waals surface area contributed by atoms with E-state index in [1.54, 1.807) is 40.9 Å². The van der Waals surface area contributed by atoms with Crippen molar-refractivity contribution in [3.05, 3.63) is 51.7 Å². The predicted octanol–water partition coefficient (Wildman–Crippen LogP) is 4.25. The van der Waals surface area contributed by atoms with Gasteiger partial charge in [-0.1, -0.05) is 0 Å². The second-order valence-corrected chi connectivity index (χ2v) is 6.44.